The maximum atomic E-state index is 14.1. The molecule has 1 aliphatic heterocycles. The number of hydrogen-bond acceptors (Lipinski definition) is 8. The quantitative estimate of drug-likeness (QED) is 0.0614. The van der Waals surface area contributed by atoms with Crippen LogP contribution in [0.1, 0.15) is 50.3 Å². The number of nitrogens with zero attached hydrogens (tertiary/aromatic N) is 2. The number of rotatable bonds is 13. The van der Waals surface area contributed by atoms with E-state index in [1.165, 1.54) is 12.0 Å². The maximum absolute atomic E-state index is 14.1. The van der Waals surface area contributed by atoms with E-state index in [4.69, 9.17) is 4.74 Å². The number of halogens is 1. The SMILES string of the molecule is CCCC1=C([C@H](O)CC/C(=C/c2cc(I)c(O)c(OC)c2)c2ccccn2)[C@H](CO)[C@@H]2C(=O)N(c3ccc(Nc4ccccc4)cc3)C(=O)[C@@H]2C1. The second kappa shape index (κ2) is 16.2. The zero-order valence-corrected chi connectivity index (χ0v) is 30.8. The van der Waals surface area contributed by atoms with Gasteiger partial charge in [0, 0.05) is 23.5 Å². The Hall–Kier alpha value is -4.52. The summed E-state index contributed by atoms with van der Waals surface area (Å²) in [7, 11) is 1.50. The van der Waals surface area contributed by atoms with Crippen molar-refractivity contribution >= 4 is 63.1 Å². The highest BCUT2D eigenvalue weighted by molar-refractivity contribution is 14.1. The lowest BCUT2D eigenvalue weighted by atomic mass is 9.67. The van der Waals surface area contributed by atoms with Gasteiger partial charge in [-0.2, -0.15) is 0 Å². The molecular weight excluding hydrogens is 757 g/mol. The molecule has 6 rings (SSSR count). The molecule has 1 fully saturated rings. The van der Waals surface area contributed by atoms with Crippen molar-refractivity contribution in [3.8, 4) is 11.5 Å². The number of imide groups is 1. The maximum Gasteiger partial charge on any atom is 0.238 e. The van der Waals surface area contributed by atoms with Gasteiger partial charge in [-0.25, -0.2) is 0 Å². The lowest BCUT2D eigenvalue weighted by Crippen LogP contribution is -2.39. The Morgan fingerprint density at radius 3 is 2.43 bits per heavy atom. The minimum absolute atomic E-state index is 0.0710. The number of ether oxygens (including phenoxy) is 1. The molecule has 1 aromatic heterocycles. The van der Waals surface area contributed by atoms with Crippen LogP contribution in [0.2, 0.25) is 0 Å². The summed E-state index contributed by atoms with van der Waals surface area (Å²) in [6, 6.07) is 26.2. The number of methoxy groups -OCH3 is 1. The lowest BCUT2D eigenvalue weighted by molar-refractivity contribution is -0.123. The number of nitrogens with one attached hydrogen (secondary N) is 1. The molecule has 4 aromatic rings. The number of pyridine rings is 1. The fourth-order valence-electron chi connectivity index (χ4n) is 7.44. The number of carbonyl (C=O) groups is 2. The zero-order chi connectivity index (χ0) is 36.1. The molecule has 2 heterocycles. The molecule has 0 saturated carbocycles. The second-order valence-electron chi connectivity index (χ2n) is 13.0. The van der Waals surface area contributed by atoms with Crippen LogP contribution in [0.3, 0.4) is 0 Å². The topological polar surface area (TPSA) is 132 Å². The van der Waals surface area contributed by atoms with Gasteiger partial charge >= 0.3 is 0 Å². The Morgan fingerprint density at radius 2 is 1.76 bits per heavy atom. The van der Waals surface area contributed by atoms with E-state index in [2.05, 4.69) is 32.9 Å². The number of aromatic nitrogens is 1. The number of carbonyl (C=O) groups excluding carboxylic acids is 2. The molecule has 9 nitrogen and oxygen atoms in total. The fraction of sp³-hybridized carbons (Fsp3) is 0.293. The highest BCUT2D eigenvalue weighted by atomic mass is 127. The van der Waals surface area contributed by atoms with Crippen molar-refractivity contribution in [3.63, 3.8) is 0 Å². The van der Waals surface area contributed by atoms with E-state index in [9.17, 15) is 24.9 Å². The molecule has 2 aliphatic rings. The minimum atomic E-state index is -0.952. The number of aliphatic hydroxyl groups is 2. The first-order chi connectivity index (χ1) is 24.7. The summed E-state index contributed by atoms with van der Waals surface area (Å²) in [5, 5.41) is 36.5. The predicted octanol–water partition coefficient (Wildman–Crippen LogP) is 7.74. The number of phenolic OH excluding ortho intramolecular Hbond substituents is 1. The number of benzene rings is 3. The molecular formula is C41H42IN3O6. The molecule has 3 aromatic carbocycles. The smallest absolute Gasteiger partial charge is 0.238 e. The monoisotopic (exact) mass is 799 g/mol. The number of aliphatic hydroxyl groups excluding tert-OH is 2. The van der Waals surface area contributed by atoms with Crippen LogP contribution >= 0.6 is 22.6 Å². The van der Waals surface area contributed by atoms with Crippen molar-refractivity contribution in [2.24, 2.45) is 17.8 Å². The van der Waals surface area contributed by atoms with Crippen LogP contribution in [0, 0.1) is 21.3 Å². The third kappa shape index (κ3) is 7.73. The number of amides is 2. The van der Waals surface area contributed by atoms with Gasteiger partial charge in [-0.1, -0.05) is 43.2 Å². The summed E-state index contributed by atoms with van der Waals surface area (Å²) >= 11 is 2.06. The summed E-state index contributed by atoms with van der Waals surface area (Å²) in [6.45, 7) is 1.69. The highest BCUT2D eigenvalue weighted by Crippen LogP contribution is 2.48. The number of aromatic hydroxyl groups is 1. The first-order valence-electron chi connectivity index (χ1n) is 17.2. The third-order valence-corrected chi connectivity index (χ3v) is 10.6. The van der Waals surface area contributed by atoms with E-state index < -0.39 is 23.9 Å². The first kappa shape index (κ1) is 36.3. The van der Waals surface area contributed by atoms with Crippen LogP contribution in [0.25, 0.3) is 11.6 Å². The number of fused-ring (bicyclic) bond motifs is 1. The average molecular weight is 800 g/mol. The molecule has 0 unspecified atom stereocenters. The standard InChI is InChI=1S/C41H42IN3O6/c1-3-9-27-23-31-38(41(50)45(40(31)49)30-16-14-29(15-17-30)44-28-10-5-4-6-11-28)32(24-46)37(27)35(47)18-13-26(34-12-7-8-19-43-34)20-25-21-33(42)39(48)36(22-25)51-2/h4-8,10-12,14-17,19-22,31-32,35,38,44,46-48H,3,9,13,18,23-24H2,1-2H3/b26-20-/t31-,32+,35-,38-/m1/s1. The molecule has 1 aliphatic carbocycles. The van der Waals surface area contributed by atoms with Crippen molar-refractivity contribution in [2.75, 3.05) is 23.9 Å². The Bertz CT molecular complexity index is 1930. The van der Waals surface area contributed by atoms with Gasteiger partial charge in [0.25, 0.3) is 0 Å². The number of phenols is 1. The van der Waals surface area contributed by atoms with E-state index in [0.717, 1.165) is 40.2 Å². The van der Waals surface area contributed by atoms with Crippen LogP contribution in [0.4, 0.5) is 17.1 Å². The van der Waals surface area contributed by atoms with Gasteiger partial charge in [0.05, 0.1) is 46.6 Å². The Balaban J connectivity index is 1.26. The van der Waals surface area contributed by atoms with Crippen LogP contribution in [0.5, 0.6) is 11.5 Å². The summed E-state index contributed by atoms with van der Waals surface area (Å²) in [5.74, 6) is -2.26. The van der Waals surface area contributed by atoms with Crippen LogP contribution in [-0.4, -0.2) is 51.9 Å². The molecule has 1 saturated heterocycles. The van der Waals surface area contributed by atoms with Crippen molar-refractivity contribution in [1.29, 1.82) is 0 Å². The fourth-order valence-corrected chi connectivity index (χ4v) is 8.07. The summed E-state index contributed by atoms with van der Waals surface area (Å²) in [6.07, 6.45) is 5.30. The van der Waals surface area contributed by atoms with E-state index in [0.29, 0.717) is 46.3 Å². The van der Waals surface area contributed by atoms with Gasteiger partial charge in [-0.3, -0.25) is 19.5 Å². The number of para-hydroxylation sites is 1. The van der Waals surface area contributed by atoms with Crippen molar-refractivity contribution < 1.29 is 29.6 Å². The average Bonchev–Trinajstić information content (AvgIpc) is 3.40. The molecule has 4 atom stereocenters. The minimum Gasteiger partial charge on any atom is -0.504 e. The molecule has 0 bridgehead atoms. The summed E-state index contributed by atoms with van der Waals surface area (Å²) < 4.78 is 6.02. The van der Waals surface area contributed by atoms with Crippen molar-refractivity contribution in [1.82, 2.24) is 4.98 Å². The van der Waals surface area contributed by atoms with Gasteiger partial charge in [0.2, 0.25) is 11.8 Å². The molecule has 264 valence electrons. The summed E-state index contributed by atoms with van der Waals surface area (Å²) in [4.78, 5) is 33.9. The largest absolute Gasteiger partial charge is 0.504 e. The molecule has 0 radical (unpaired) electrons. The zero-order valence-electron chi connectivity index (χ0n) is 28.6. The van der Waals surface area contributed by atoms with E-state index in [1.54, 1.807) is 24.4 Å². The van der Waals surface area contributed by atoms with Crippen molar-refractivity contribution in [3.05, 3.63) is 117 Å². The van der Waals surface area contributed by atoms with Crippen LogP contribution < -0.4 is 15.0 Å². The van der Waals surface area contributed by atoms with Crippen LogP contribution in [0.15, 0.2) is 102 Å². The van der Waals surface area contributed by atoms with Crippen LogP contribution in [-0.2, 0) is 9.59 Å². The molecule has 0 spiro atoms. The molecule has 51 heavy (non-hydrogen) atoms. The van der Waals surface area contributed by atoms with E-state index in [-0.39, 0.29) is 24.2 Å². The third-order valence-electron chi connectivity index (χ3n) is 9.77. The predicted molar refractivity (Wildman–Crippen MR) is 207 cm³/mol. The highest BCUT2D eigenvalue weighted by Gasteiger charge is 2.55. The second-order valence-corrected chi connectivity index (χ2v) is 14.1. The summed E-state index contributed by atoms with van der Waals surface area (Å²) in [5.41, 5.74) is 6.27. The molecule has 4 N–H and O–H groups in total. The lowest BCUT2D eigenvalue weighted by Gasteiger charge is -2.36. The van der Waals surface area contributed by atoms with E-state index in [1.807, 2.05) is 79.7 Å². The number of anilines is 3. The van der Waals surface area contributed by atoms with Gasteiger partial charge in [0.1, 0.15) is 0 Å². The van der Waals surface area contributed by atoms with Gasteiger partial charge in [-0.15, -0.1) is 0 Å². The van der Waals surface area contributed by atoms with Gasteiger partial charge < -0.3 is 25.4 Å². The Kier molecular flexibility index (Phi) is 11.5. The van der Waals surface area contributed by atoms with Crippen molar-refractivity contribution in [2.45, 2.75) is 45.1 Å². The van der Waals surface area contributed by atoms with Gasteiger partial charge in [0.15, 0.2) is 11.5 Å². The Labute approximate surface area is 311 Å². The number of allylic oxidation sites excluding steroid dienone is 2. The van der Waals surface area contributed by atoms with Gasteiger partial charge in [-0.05, 0) is 132 Å². The number of hydrogen-bond donors (Lipinski definition) is 4. The molecule has 10 heteroatoms. The normalized spacial score (nSPS) is 19.7. The Morgan fingerprint density at radius 1 is 1.04 bits per heavy atom. The first-order valence-corrected chi connectivity index (χ1v) is 18.3. The molecule has 2 amide bonds. The van der Waals surface area contributed by atoms with E-state index >= 15 is 0 Å².